The molecule has 5 heterocycles. The molecular formula is C60H39N5O. The van der Waals surface area contributed by atoms with Crippen molar-refractivity contribution in [3.05, 3.63) is 211 Å². The van der Waals surface area contributed by atoms with Crippen LogP contribution in [-0.4, -0.2) is 23.7 Å². The number of aromatic nitrogens is 5. The van der Waals surface area contributed by atoms with Crippen molar-refractivity contribution in [3.63, 3.8) is 0 Å². The molecule has 0 fully saturated rings. The van der Waals surface area contributed by atoms with E-state index in [1.165, 1.54) is 43.7 Å². The summed E-state index contributed by atoms with van der Waals surface area (Å²) in [5.41, 5.74) is 16.8. The maximum Gasteiger partial charge on any atom is 0.197 e. The van der Waals surface area contributed by atoms with E-state index in [0.29, 0.717) is 17.2 Å². The van der Waals surface area contributed by atoms with Gasteiger partial charge in [0.25, 0.3) is 0 Å². The molecule has 0 bridgehead atoms. The number of hydrogen-bond acceptors (Lipinski definition) is 3. The Morgan fingerprint density at radius 2 is 0.894 bits per heavy atom. The topological polar surface area (TPSA) is 53.7 Å². The fourth-order valence-electron chi connectivity index (χ4n) is 10.5. The van der Waals surface area contributed by atoms with E-state index >= 15 is 0 Å². The highest BCUT2D eigenvalue weighted by atomic mass is 16.3. The second-order valence-electron chi connectivity index (χ2n) is 17.6. The highest BCUT2D eigenvalue weighted by Gasteiger charge is 2.24. The van der Waals surface area contributed by atoms with Gasteiger partial charge in [0, 0.05) is 54.6 Å². The van der Waals surface area contributed by atoms with Crippen LogP contribution in [0.25, 0.3) is 127 Å². The molecule has 6 heteroatoms. The van der Waals surface area contributed by atoms with Gasteiger partial charge < -0.3 is 13.6 Å². The summed E-state index contributed by atoms with van der Waals surface area (Å²) >= 11 is 0. The molecule has 66 heavy (non-hydrogen) atoms. The van der Waals surface area contributed by atoms with Crippen LogP contribution in [0.2, 0.25) is 0 Å². The summed E-state index contributed by atoms with van der Waals surface area (Å²) in [6.07, 6.45) is 0. The van der Waals surface area contributed by atoms with E-state index < -0.39 is 0 Å². The van der Waals surface area contributed by atoms with Gasteiger partial charge >= 0.3 is 0 Å². The highest BCUT2D eigenvalue weighted by molar-refractivity contribution is 6.15. The molecule has 0 aliphatic rings. The predicted octanol–water partition coefficient (Wildman–Crippen LogP) is 15.6. The average Bonchev–Trinajstić information content (AvgIpc) is 4.10. The van der Waals surface area contributed by atoms with E-state index in [9.17, 15) is 0 Å². The van der Waals surface area contributed by atoms with Gasteiger partial charge in [-0.2, -0.15) is 0 Å². The molecule has 6 nitrogen and oxygen atoms in total. The van der Waals surface area contributed by atoms with E-state index in [2.05, 4.69) is 210 Å². The first kappa shape index (κ1) is 36.7. The molecular weight excluding hydrogens is 807 g/mol. The minimum atomic E-state index is 0.636. The van der Waals surface area contributed by atoms with Crippen LogP contribution in [0.1, 0.15) is 11.1 Å². The lowest BCUT2D eigenvalue weighted by molar-refractivity contribution is 0.662. The standard InChI is InChI=1S/C60H39N5O/c1-36-21-27-52-46(31-36)47-32-37(2)22-28-53(47)64(52)42-25-30-56-49(35-42)57-58(66-56)60(62-59(61-57)38-13-5-3-6-14-38)65-51-20-12-9-17-43(51)45-26-23-40(34-55(45)65)39-24-29-54-48(33-39)44-18-10-11-19-50(44)63(54)41-15-7-4-8-16-41/h3-35H,1-2H3. The molecule has 0 radical (unpaired) electrons. The zero-order chi connectivity index (χ0) is 43.6. The number of aryl methyl sites for hydroxylation is 2. The third kappa shape index (κ3) is 5.36. The summed E-state index contributed by atoms with van der Waals surface area (Å²) in [5.74, 6) is 1.33. The fourth-order valence-corrected chi connectivity index (χ4v) is 10.5. The summed E-state index contributed by atoms with van der Waals surface area (Å²) in [6.45, 7) is 4.32. The minimum absolute atomic E-state index is 0.636. The van der Waals surface area contributed by atoms with Gasteiger partial charge in [-0.1, -0.05) is 126 Å². The van der Waals surface area contributed by atoms with Crippen molar-refractivity contribution < 1.29 is 4.42 Å². The number of rotatable bonds is 5. The molecule has 0 saturated carbocycles. The Labute approximate surface area is 378 Å². The summed E-state index contributed by atoms with van der Waals surface area (Å²) in [6, 6.07) is 71.8. The molecule has 0 aliphatic heterocycles. The van der Waals surface area contributed by atoms with Crippen molar-refractivity contribution in [2.45, 2.75) is 13.8 Å². The number of nitrogens with zero attached hydrogens (tertiary/aromatic N) is 5. The molecule has 14 aromatic rings. The van der Waals surface area contributed by atoms with Crippen LogP contribution >= 0.6 is 0 Å². The van der Waals surface area contributed by atoms with Crippen LogP contribution in [0.4, 0.5) is 0 Å². The zero-order valence-electron chi connectivity index (χ0n) is 36.2. The molecule has 0 aliphatic carbocycles. The fraction of sp³-hybridized carbons (Fsp3) is 0.0333. The summed E-state index contributed by atoms with van der Waals surface area (Å²) < 4.78 is 14.0. The third-order valence-electron chi connectivity index (χ3n) is 13.6. The van der Waals surface area contributed by atoms with Gasteiger partial charge in [-0.3, -0.25) is 4.57 Å². The lowest BCUT2D eigenvalue weighted by Crippen LogP contribution is -2.02. The minimum Gasteiger partial charge on any atom is -0.450 e. The van der Waals surface area contributed by atoms with Gasteiger partial charge in [-0.05, 0) is 110 Å². The average molecular weight is 846 g/mol. The van der Waals surface area contributed by atoms with Crippen LogP contribution in [-0.2, 0) is 0 Å². The van der Waals surface area contributed by atoms with E-state index in [1.54, 1.807) is 0 Å². The predicted molar refractivity (Wildman–Crippen MR) is 273 cm³/mol. The Morgan fingerprint density at radius 1 is 0.348 bits per heavy atom. The SMILES string of the molecule is Cc1ccc2c(c1)c1cc(C)ccc1n2-c1ccc2oc3c(-n4c5ccccc5c5ccc(-c6ccc7c(c6)c6ccccc6n7-c6ccccc6)cc54)nc(-c4ccccc4)nc3c2c1. The number of benzene rings is 9. The first-order chi connectivity index (χ1) is 32.5. The lowest BCUT2D eigenvalue weighted by atomic mass is 10.0. The van der Waals surface area contributed by atoms with Crippen LogP contribution in [0.15, 0.2) is 205 Å². The van der Waals surface area contributed by atoms with Gasteiger partial charge in [0.15, 0.2) is 17.2 Å². The van der Waals surface area contributed by atoms with Crippen molar-refractivity contribution in [3.8, 4) is 39.7 Å². The van der Waals surface area contributed by atoms with Crippen LogP contribution < -0.4 is 0 Å². The Hall–Kier alpha value is -8.74. The number of hydrogen-bond donors (Lipinski definition) is 0. The monoisotopic (exact) mass is 845 g/mol. The van der Waals surface area contributed by atoms with E-state index in [0.717, 1.165) is 77.4 Å². The molecule has 0 atom stereocenters. The Balaban J connectivity index is 1.01. The highest BCUT2D eigenvalue weighted by Crippen LogP contribution is 2.42. The van der Waals surface area contributed by atoms with E-state index in [-0.39, 0.29) is 0 Å². The maximum atomic E-state index is 6.96. The smallest absolute Gasteiger partial charge is 0.197 e. The summed E-state index contributed by atoms with van der Waals surface area (Å²) in [5, 5.41) is 8.13. The molecule has 14 rings (SSSR count). The molecule has 5 aromatic heterocycles. The van der Waals surface area contributed by atoms with E-state index in [1.807, 2.05) is 18.2 Å². The van der Waals surface area contributed by atoms with Crippen LogP contribution in [0, 0.1) is 13.8 Å². The Morgan fingerprint density at radius 3 is 1.62 bits per heavy atom. The Bertz CT molecular complexity index is 4240. The lowest BCUT2D eigenvalue weighted by Gasteiger charge is -2.11. The maximum absolute atomic E-state index is 6.96. The molecule has 9 aromatic carbocycles. The first-order valence-electron chi connectivity index (χ1n) is 22.5. The van der Waals surface area contributed by atoms with Gasteiger partial charge in [-0.25, -0.2) is 9.97 Å². The zero-order valence-corrected chi connectivity index (χ0v) is 36.2. The largest absolute Gasteiger partial charge is 0.450 e. The molecule has 0 saturated heterocycles. The van der Waals surface area contributed by atoms with E-state index in [4.69, 9.17) is 14.4 Å². The van der Waals surface area contributed by atoms with Gasteiger partial charge in [0.2, 0.25) is 0 Å². The number of para-hydroxylation sites is 3. The number of furan rings is 1. The Kier molecular flexibility index (Phi) is 7.72. The molecule has 310 valence electrons. The van der Waals surface area contributed by atoms with Gasteiger partial charge in [0.05, 0.1) is 33.1 Å². The van der Waals surface area contributed by atoms with Crippen molar-refractivity contribution in [2.75, 3.05) is 0 Å². The van der Waals surface area contributed by atoms with Crippen molar-refractivity contribution in [1.29, 1.82) is 0 Å². The third-order valence-corrected chi connectivity index (χ3v) is 13.6. The summed E-state index contributed by atoms with van der Waals surface area (Å²) in [4.78, 5) is 10.8. The molecule has 0 N–H and O–H groups in total. The second kappa shape index (κ2) is 13.9. The van der Waals surface area contributed by atoms with Crippen molar-refractivity contribution in [2.24, 2.45) is 0 Å². The first-order valence-corrected chi connectivity index (χ1v) is 22.5. The quantitative estimate of drug-likeness (QED) is 0.173. The van der Waals surface area contributed by atoms with Crippen LogP contribution in [0.3, 0.4) is 0 Å². The summed E-state index contributed by atoms with van der Waals surface area (Å²) in [7, 11) is 0. The van der Waals surface area contributed by atoms with Gasteiger partial charge in [0.1, 0.15) is 11.1 Å². The van der Waals surface area contributed by atoms with Gasteiger partial charge in [-0.15, -0.1) is 0 Å². The normalized spacial score (nSPS) is 12.1. The molecule has 0 unspecified atom stereocenters. The molecule has 0 amide bonds. The number of fused-ring (bicyclic) bond motifs is 12. The van der Waals surface area contributed by atoms with Crippen molar-refractivity contribution >= 4 is 87.5 Å². The second-order valence-corrected chi connectivity index (χ2v) is 17.6. The molecule has 0 spiro atoms. The van der Waals surface area contributed by atoms with Crippen molar-refractivity contribution in [1.82, 2.24) is 23.7 Å². The van der Waals surface area contributed by atoms with Crippen LogP contribution in [0.5, 0.6) is 0 Å².